The van der Waals surface area contributed by atoms with E-state index >= 15 is 0 Å². The van der Waals surface area contributed by atoms with Gasteiger partial charge in [-0.2, -0.15) is 0 Å². The standard InChI is InChI=1S/C11H8ClNO3.Ca.2H/c12-7-1-3-8(4-2-7)16-9-5-10(11(14)15)13-6-9;;;/h1-6,13H,(H,14,15);;;/q;+2;2*-1. The van der Waals surface area contributed by atoms with Crippen LogP contribution in [-0.4, -0.2) is 53.8 Å². The molecule has 0 saturated heterocycles. The molecule has 0 unspecified atom stereocenters. The van der Waals surface area contributed by atoms with E-state index in [1.807, 2.05) is 0 Å². The van der Waals surface area contributed by atoms with E-state index in [9.17, 15) is 4.79 Å². The number of rotatable bonds is 3. The largest absolute Gasteiger partial charge is 2.00 e. The van der Waals surface area contributed by atoms with Crippen LogP contribution in [0.4, 0.5) is 0 Å². The first-order valence-electron chi connectivity index (χ1n) is 4.50. The molecular formula is C11H10CaClNO3. The number of aromatic amines is 1. The summed E-state index contributed by atoms with van der Waals surface area (Å²) in [6.45, 7) is 0. The molecule has 0 aliphatic carbocycles. The number of carboxylic acid groups (broad SMARTS) is 1. The number of hydrogen-bond acceptors (Lipinski definition) is 2. The van der Waals surface area contributed by atoms with Gasteiger partial charge in [-0.05, 0) is 24.3 Å². The Balaban J connectivity index is 0. The zero-order valence-corrected chi connectivity index (χ0v) is 11.8. The van der Waals surface area contributed by atoms with E-state index < -0.39 is 5.97 Å². The number of nitrogens with one attached hydrogen (secondary N) is 1. The molecule has 0 bridgehead atoms. The van der Waals surface area contributed by atoms with Crippen LogP contribution in [0.5, 0.6) is 11.5 Å². The van der Waals surface area contributed by atoms with Crippen LogP contribution in [-0.2, 0) is 0 Å². The smallest absolute Gasteiger partial charge is 1.00 e. The fourth-order valence-corrected chi connectivity index (χ4v) is 1.32. The van der Waals surface area contributed by atoms with Crippen LogP contribution in [0.2, 0.25) is 5.02 Å². The summed E-state index contributed by atoms with van der Waals surface area (Å²) in [6, 6.07) is 8.21. The predicted octanol–water partition coefficient (Wildman–Crippen LogP) is 3.00. The molecule has 6 heteroatoms. The summed E-state index contributed by atoms with van der Waals surface area (Å²) in [7, 11) is 0. The molecule has 1 aromatic heterocycles. The summed E-state index contributed by atoms with van der Waals surface area (Å²) in [5.41, 5.74) is 0.0870. The van der Waals surface area contributed by atoms with Crippen LogP contribution in [0.3, 0.4) is 0 Å². The number of hydrogen-bond donors (Lipinski definition) is 2. The van der Waals surface area contributed by atoms with Gasteiger partial charge in [0.05, 0.1) is 0 Å². The van der Waals surface area contributed by atoms with Crippen molar-refractivity contribution in [3.63, 3.8) is 0 Å². The molecular weight excluding hydrogens is 270 g/mol. The first kappa shape index (κ1) is 14.4. The third-order valence-corrected chi connectivity index (χ3v) is 2.19. The summed E-state index contributed by atoms with van der Waals surface area (Å²) >= 11 is 5.72. The van der Waals surface area contributed by atoms with Crippen molar-refractivity contribution in [2.24, 2.45) is 0 Å². The van der Waals surface area contributed by atoms with Gasteiger partial charge >= 0.3 is 43.7 Å². The number of carboxylic acids is 1. The van der Waals surface area contributed by atoms with E-state index in [0.717, 1.165) is 0 Å². The molecule has 0 fully saturated rings. The molecule has 1 heterocycles. The van der Waals surface area contributed by atoms with E-state index in [2.05, 4.69) is 4.98 Å². The molecule has 1 aromatic carbocycles. The Bertz CT molecular complexity index is 519. The van der Waals surface area contributed by atoms with Crippen LogP contribution >= 0.6 is 11.6 Å². The second kappa shape index (κ2) is 6.31. The quantitative estimate of drug-likeness (QED) is 0.849. The average Bonchev–Trinajstić information content (AvgIpc) is 2.70. The van der Waals surface area contributed by atoms with Gasteiger partial charge in [0.25, 0.3) is 0 Å². The monoisotopic (exact) mass is 279 g/mol. The molecule has 17 heavy (non-hydrogen) atoms. The van der Waals surface area contributed by atoms with Crippen molar-refractivity contribution in [1.82, 2.24) is 4.98 Å². The molecule has 0 aliphatic heterocycles. The Labute approximate surface area is 136 Å². The molecule has 0 amide bonds. The van der Waals surface area contributed by atoms with Gasteiger partial charge in [-0.25, -0.2) is 4.79 Å². The van der Waals surface area contributed by atoms with Crippen molar-refractivity contribution < 1.29 is 17.5 Å². The Kier molecular flexibility index (Phi) is 5.33. The minimum Gasteiger partial charge on any atom is -1.00 e. The van der Waals surface area contributed by atoms with E-state index in [1.165, 1.54) is 12.3 Å². The van der Waals surface area contributed by atoms with Crippen molar-refractivity contribution in [3.8, 4) is 11.5 Å². The van der Waals surface area contributed by atoms with Crippen LogP contribution in [0, 0.1) is 0 Å². The van der Waals surface area contributed by atoms with Crippen LogP contribution in [0.25, 0.3) is 0 Å². The number of halogens is 1. The van der Waals surface area contributed by atoms with Crippen molar-refractivity contribution in [2.45, 2.75) is 0 Å². The van der Waals surface area contributed by atoms with Crippen molar-refractivity contribution in [2.75, 3.05) is 0 Å². The molecule has 2 N–H and O–H groups in total. The topological polar surface area (TPSA) is 62.3 Å². The van der Waals surface area contributed by atoms with Gasteiger partial charge in [0, 0.05) is 17.3 Å². The first-order chi connectivity index (χ1) is 7.65. The van der Waals surface area contributed by atoms with E-state index in [0.29, 0.717) is 16.5 Å². The number of H-pyrrole nitrogens is 1. The molecule has 2 rings (SSSR count). The molecule has 0 aliphatic rings. The molecule has 2 aromatic rings. The Morgan fingerprint density at radius 2 is 1.94 bits per heavy atom. The van der Waals surface area contributed by atoms with Crippen LogP contribution < -0.4 is 4.74 Å². The number of benzene rings is 1. The molecule has 0 radical (unpaired) electrons. The fourth-order valence-electron chi connectivity index (χ4n) is 1.20. The minimum absolute atomic E-state index is 0. The minimum atomic E-state index is -1.02. The second-order valence-electron chi connectivity index (χ2n) is 3.11. The van der Waals surface area contributed by atoms with Gasteiger partial charge in [0.15, 0.2) is 0 Å². The van der Waals surface area contributed by atoms with E-state index in [-0.39, 0.29) is 46.3 Å². The maximum absolute atomic E-state index is 10.6. The maximum atomic E-state index is 10.6. The Morgan fingerprint density at radius 3 is 2.47 bits per heavy atom. The van der Waals surface area contributed by atoms with E-state index in [4.69, 9.17) is 21.4 Å². The Hall–Kier alpha value is -0.680. The van der Waals surface area contributed by atoms with Gasteiger partial charge in [-0.1, -0.05) is 11.6 Å². The van der Waals surface area contributed by atoms with Crippen LogP contribution in [0.1, 0.15) is 13.3 Å². The predicted molar refractivity (Wildman–Crippen MR) is 67.3 cm³/mol. The van der Waals surface area contributed by atoms with Gasteiger partial charge in [-0.3, -0.25) is 0 Å². The van der Waals surface area contributed by atoms with Gasteiger partial charge in [0.2, 0.25) is 0 Å². The normalized spacial score (nSPS) is 9.47. The third kappa shape index (κ3) is 3.92. The molecule has 0 saturated carbocycles. The Morgan fingerprint density at radius 1 is 1.29 bits per heavy atom. The summed E-state index contributed by atoms with van der Waals surface area (Å²) in [5, 5.41) is 9.31. The van der Waals surface area contributed by atoms with E-state index in [1.54, 1.807) is 24.3 Å². The summed E-state index contributed by atoms with van der Waals surface area (Å²) in [4.78, 5) is 13.2. The van der Waals surface area contributed by atoms with Crippen molar-refractivity contribution >= 4 is 55.3 Å². The maximum Gasteiger partial charge on any atom is 2.00 e. The molecule has 0 atom stereocenters. The number of aromatic nitrogens is 1. The average molecular weight is 280 g/mol. The SMILES string of the molecule is O=C(O)c1cc(Oc2ccc(Cl)cc2)c[nH]1.[Ca+2].[H-].[H-]. The van der Waals surface area contributed by atoms with Crippen molar-refractivity contribution in [3.05, 3.63) is 47.2 Å². The van der Waals surface area contributed by atoms with Gasteiger partial charge < -0.3 is 17.7 Å². The summed E-state index contributed by atoms with van der Waals surface area (Å²) < 4.78 is 5.41. The summed E-state index contributed by atoms with van der Waals surface area (Å²) in [6.07, 6.45) is 1.48. The zero-order chi connectivity index (χ0) is 11.5. The van der Waals surface area contributed by atoms with Crippen molar-refractivity contribution in [1.29, 1.82) is 0 Å². The molecule has 86 valence electrons. The first-order valence-corrected chi connectivity index (χ1v) is 4.88. The fraction of sp³-hybridized carbons (Fsp3) is 0. The van der Waals surface area contributed by atoms with Crippen LogP contribution in [0.15, 0.2) is 36.5 Å². The summed E-state index contributed by atoms with van der Waals surface area (Å²) in [5.74, 6) is 0.0195. The number of carbonyl (C=O) groups is 1. The molecule has 4 nitrogen and oxygen atoms in total. The number of ether oxygens (including phenoxy) is 1. The molecule has 0 spiro atoms. The second-order valence-corrected chi connectivity index (χ2v) is 3.55. The number of aromatic carboxylic acids is 1. The van der Waals surface area contributed by atoms with Gasteiger partial charge in [0.1, 0.15) is 17.2 Å². The zero-order valence-electron chi connectivity index (χ0n) is 10.8. The third-order valence-electron chi connectivity index (χ3n) is 1.94. The van der Waals surface area contributed by atoms with Gasteiger partial charge in [-0.15, -0.1) is 0 Å².